The number of hydrogen-bond donors (Lipinski definition) is 5. The Morgan fingerprint density at radius 3 is 2.02 bits per heavy atom. The van der Waals surface area contributed by atoms with Crippen LogP contribution in [0.15, 0.2) is 114 Å². The molecule has 0 aliphatic heterocycles. The van der Waals surface area contributed by atoms with Gasteiger partial charge in [-0.2, -0.15) is 0 Å². The lowest BCUT2D eigenvalue weighted by molar-refractivity contribution is -0.137. The first-order valence-corrected chi connectivity index (χ1v) is 13.9. The molecule has 0 aromatic heterocycles. The number of sulfone groups is 1. The Labute approximate surface area is 232 Å². The van der Waals surface area contributed by atoms with Crippen LogP contribution in [0.4, 0.5) is 11.4 Å². The van der Waals surface area contributed by atoms with Crippen molar-refractivity contribution in [3.63, 3.8) is 0 Å². The summed E-state index contributed by atoms with van der Waals surface area (Å²) in [7, 11) is -4.19. The smallest absolute Gasteiger partial charge is 0.305 e. The zero-order chi connectivity index (χ0) is 28.5. The standard InChI is InChI=1S/C30H28N4O5S/c31-30(32-20-21-9-3-1-4-10-21)33-24-17-15-23(16-18-24)29(37)34-25-13-7-8-14-26(25)40(38,39)27(19-28(35)36)22-11-5-2-6-12-22/h1-18,27H,19-20H2,(H,34,37)(H,35,36)(H3,31,32,33). The number of aliphatic carboxylic acids is 1. The van der Waals surface area contributed by atoms with Crippen molar-refractivity contribution in [2.24, 2.45) is 0 Å². The zero-order valence-corrected chi connectivity index (χ0v) is 22.2. The largest absolute Gasteiger partial charge is 0.481 e. The van der Waals surface area contributed by atoms with Crippen LogP contribution < -0.4 is 16.0 Å². The zero-order valence-electron chi connectivity index (χ0n) is 21.4. The van der Waals surface area contributed by atoms with Crippen molar-refractivity contribution in [2.45, 2.75) is 23.1 Å². The molecule has 0 heterocycles. The van der Waals surface area contributed by atoms with Gasteiger partial charge in [-0.15, -0.1) is 0 Å². The summed E-state index contributed by atoms with van der Waals surface area (Å²) in [5, 5.41) is 24.7. The topological polar surface area (TPSA) is 148 Å². The molecule has 0 spiro atoms. The number of para-hydroxylation sites is 1. The van der Waals surface area contributed by atoms with Crippen molar-refractivity contribution in [2.75, 3.05) is 10.6 Å². The van der Waals surface area contributed by atoms with Crippen molar-refractivity contribution < 1.29 is 23.1 Å². The number of carboxylic acid groups (broad SMARTS) is 1. The number of carbonyl (C=O) groups is 2. The van der Waals surface area contributed by atoms with Crippen LogP contribution in [-0.2, 0) is 21.2 Å². The minimum atomic E-state index is -4.19. The van der Waals surface area contributed by atoms with E-state index in [4.69, 9.17) is 5.41 Å². The number of hydrogen-bond acceptors (Lipinski definition) is 5. The van der Waals surface area contributed by atoms with Crippen LogP contribution in [0.3, 0.4) is 0 Å². The van der Waals surface area contributed by atoms with Gasteiger partial charge in [0.25, 0.3) is 5.91 Å². The highest BCUT2D eigenvalue weighted by Crippen LogP contribution is 2.35. The number of anilines is 2. The minimum Gasteiger partial charge on any atom is -0.481 e. The Balaban J connectivity index is 1.47. The summed E-state index contributed by atoms with van der Waals surface area (Å²) < 4.78 is 27.3. The van der Waals surface area contributed by atoms with E-state index < -0.39 is 33.4 Å². The van der Waals surface area contributed by atoms with Crippen molar-refractivity contribution in [1.82, 2.24) is 5.32 Å². The van der Waals surface area contributed by atoms with E-state index in [0.29, 0.717) is 17.8 Å². The highest BCUT2D eigenvalue weighted by atomic mass is 32.2. The molecule has 5 N–H and O–H groups in total. The molecule has 4 rings (SSSR count). The van der Waals surface area contributed by atoms with Gasteiger partial charge in [0.05, 0.1) is 17.0 Å². The minimum absolute atomic E-state index is 0.0490. The van der Waals surface area contributed by atoms with Gasteiger partial charge in [0.2, 0.25) is 0 Å². The Morgan fingerprint density at radius 1 is 0.775 bits per heavy atom. The van der Waals surface area contributed by atoms with E-state index >= 15 is 0 Å². The van der Waals surface area contributed by atoms with Crippen molar-refractivity contribution in [1.29, 1.82) is 5.41 Å². The van der Waals surface area contributed by atoms with Crippen molar-refractivity contribution in [3.8, 4) is 0 Å². The van der Waals surface area contributed by atoms with Gasteiger partial charge in [-0.25, -0.2) is 8.42 Å². The number of carboxylic acids is 1. The van der Waals surface area contributed by atoms with Crippen LogP contribution in [-0.4, -0.2) is 31.4 Å². The van der Waals surface area contributed by atoms with E-state index in [1.807, 2.05) is 30.3 Å². The predicted molar refractivity (Wildman–Crippen MR) is 154 cm³/mol. The van der Waals surface area contributed by atoms with Crippen LogP contribution in [0, 0.1) is 5.41 Å². The first-order chi connectivity index (χ1) is 19.2. The Hall–Kier alpha value is -4.96. The molecule has 1 atom stereocenters. The normalized spacial score (nSPS) is 11.7. The average molecular weight is 557 g/mol. The summed E-state index contributed by atoms with van der Waals surface area (Å²) in [4.78, 5) is 24.4. The maximum absolute atomic E-state index is 13.6. The van der Waals surface area contributed by atoms with Crippen LogP contribution in [0.1, 0.15) is 33.2 Å². The molecule has 0 saturated heterocycles. The summed E-state index contributed by atoms with van der Waals surface area (Å²) in [5.74, 6) is -1.70. The van der Waals surface area contributed by atoms with E-state index in [9.17, 15) is 23.1 Å². The second kappa shape index (κ2) is 12.7. The molecule has 4 aromatic rings. The van der Waals surface area contributed by atoms with Crippen LogP contribution in [0.2, 0.25) is 0 Å². The lowest BCUT2D eigenvalue weighted by atomic mass is 10.1. The first-order valence-electron chi connectivity index (χ1n) is 12.4. The fourth-order valence-corrected chi connectivity index (χ4v) is 5.96. The highest BCUT2D eigenvalue weighted by molar-refractivity contribution is 7.91. The summed E-state index contributed by atoms with van der Waals surface area (Å²) in [6.45, 7) is 0.479. The van der Waals surface area contributed by atoms with Crippen LogP contribution in [0.25, 0.3) is 0 Å². The summed E-state index contributed by atoms with van der Waals surface area (Å²) >= 11 is 0. The molecule has 9 nitrogen and oxygen atoms in total. The highest BCUT2D eigenvalue weighted by Gasteiger charge is 2.33. The Morgan fingerprint density at radius 2 is 1.38 bits per heavy atom. The van der Waals surface area contributed by atoms with E-state index in [1.165, 1.54) is 18.2 Å². The molecule has 10 heteroatoms. The van der Waals surface area contributed by atoms with Gasteiger partial charge in [0.15, 0.2) is 15.8 Å². The number of rotatable bonds is 10. The lowest BCUT2D eigenvalue weighted by Crippen LogP contribution is -2.29. The van der Waals surface area contributed by atoms with Gasteiger partial charge >= 0.3 is 5.97 Å². The molecule has 204 valence electrons. The van der Waals surface area contributed by atoms with E-state index in [-0.39, 0.29) is 22.1 Å². The number of nitrogens with one attached hydrogen (secondary N) is 4. The first kappa shape index (κ1) is 28.1. The summed E-state index contributed by atoms with van der Waals surface area (Å²) in [6, 6.07) is 30.1. The lowest BCUT2D eigenvalue weighted by Gasteiger charge is -2.19. The molecule has 0 radical (unpaired) electrons. The third-order valence-corrected chi connectivity index (χ3v) is 8.23. The Bertz CT molecular complexity index is 1590. The second-order valence-electron chi connectivity index (χ2n) is 8.91. The third-order valence-electron chi connectivity index (χ3n) is 6.08. The second-order valence-corrected chi connectivity index (χ2v) is 11.0. The van der Waals surface area contributed by atoms with E-state index in [1.54, 1.807) is 60.7 Å². The maximum atomic E-state index is 13.6. The quantitative estimate of drug-likeness (QED) is 0.135. The van der Waals surface area contributed by atoms with Crippen LogP contribution >= 0.6 is 0 Å². The molecule has 0 saturated carbocycles. The molecule has 1 unspecified atom stereocenters. The predicted octanol–water partition coefficient (Wildman–Crippen LogP) is 5.07. The SMILES string of the molecule is N=C(NCc1ccccc1)Nc1ccc(C(=O)Nc2ccccc2S(=O)(=O)C(CC(=O)O)c2ccccc2)cc1. The van der Waals surface area contributed by atoms with Gasteiger partial charge in [0, 0.05) is 17.8 Å². The van der Waals surface area contributed by atoms with Crippen molar-refractivity contribution >= 4 is 39.0 Å². The molecule has 0 aliphatic carbocycles. The monoisotopic (exact) mass is 556 g/mol. The van der Waals surface area contributed by atoms with E-state index in [0.717, 1.165) is 5.56 Å². The fourth-order valence-electron chi connectivity index (χ4n) is 4.08. The van der Waals surface area contributed by atoms with Gasteiger partial charge in [-0.1, -0.05) is 72.8 Å². The molecular weight excluding hydrogens is 528 g/mol. The number of benzene rings is 4. The molecule has 4 aromatic carbocycles. The third kappa shape index (κ3) is 7.12. The van der Waals surface area contributed by atoms with Gasteiger partial charge in [0.1, 0.15) is 5.25 Å². The number of carbonyl (C=O) groups excluding carboxylic acids is 1. The number of guanidine groups is 1. The summed E-state index contributed by atoms with van der Waals surface area (Å²) in [6.07, 6.45) is -0.627. The number of amides is 1. The van der Waals surface area contributed by atoms with Gasteiger partial charge in [-0.05, 0) is 47.5 Å². The Kier molecular flexibility index (Phi) is 8.93. The molecule has 0 fully saturated rings. The van der Waals surface area contributed by atoms with Gasteiger partial charge in [-0.3, -0.25) is 15.0 Å². The molecule has 40 heavy (non-hydrogen) atoms. The molecular formula is C30H28N4O5S. The van der Waals surface area contributed by atoms with Crippen LogP contribution in [0.5, 0.6) is 0 Å². The van der Waals surface area contributed by atoms with Crippen molar-refractivity contribution in [3.05, 3.63) is 126 Å². The van der Waals surface area contributed by atoms with E-state index in [2.05, 4.69) is 16.0 Å². The molecule has 1 amide bonds. The molecule has 0 bridgehead atoms. The molecule has 0 aliphatic rings. The fraction of sp³-hybridized carbons (Fsp3) is 0.100. The maximum Gasteiger partial charge on any atom is 0.305 e. The summed E-state index contributed by atoms with van der Waals surface area (Å²) in [5.41, 5.74) is 2.28. The van der Waals surface area contributed by atoms with Gasteiger partial charge < -0.3 is 21.1 Å². The average Bonchev–Trinajstić information content (AvgIpc) is 2.96.